The molecule has 3 rings (SSSR count). The van der Waals surface area contributed by atoms with Gasteiger partial charge in [-0.1, -0.05) is 42.5 Å². The lowest BCUT2D eigenvalue weighted by molar-refractivity contribution is -0.118. The Labute approximate surface area is 170 Å². The Morgan fingerprint density at radius 3 is 2.71 bits per heavy atom. The summed E-state index contributed by atoms with van der Waals surface area (Å²) in [6, 6.07) is 18.4. The molecule has 0 aliphatic carbocycles. The van der Waals surface area contributed by atoms with Crippen molar-refractivity contribution in [2.45, 2.75) is 25.1 Å². The fourth-order valence-electron chi connectivity index (χ4n) is 3.05. The normalized spacial score (nSPS) is 12.4. The van der Waals surface area contributed by atoms with Crippen LogP contribution in [0.15, 0.2) is 54.6 Å². The molecule has 0 aliphatic heterocycles. The minimum Gasteiger partial charge on any atom is -0.355 e. The van der Waals surface area contributed by atoms with Crippen LogP contribution in [0.5, 0.6) is 0 Å². The molecule has 1 amide bonds. The van der Waals surface area contributed by atoms with Crippen molar-refractivity contribution in [1.82, 2.24) is 20.2 Å². The monoisotopic (exact) mass is 396 g/mol. The highest BCUT2D eigenvalue weighted by Gasteiger charge is 2.13. The number of para-hydroxylation sites is 2. The molecule has 3 aromatic rings. The van der Waals surface area contributed by atoms with Gasteiger partial charge in [0.05, 0.1) is 22.0 Å². The molecule has 0 saturated heterocycles. The summed E-state index contributed by atoms with van der Waals surface area (Å²) < 4.78 is 0. The van der Waals surface area contributed by atoms with Gasteiger partial charge >= 0.3 is 0 Å². The number of nitrogens with one attached hydrogen (secondary N) is 2. The van der Waals surface area contributed by atoms with Crippen LogP contribution in [0.1, 0.15) is 30.0 Å². The summed E-state index contributed by atoms with van der Waals surface area (Å²) >= 11 is 1.60. The molecule has 0 fully saturated rings. The topological polar surface area (TPSA) is 61.0 Å². The van der Waals surface area contributed by atoms with Crippen LogP contribution in [-0.2, 0) is 11.3 Å². The van der Waals surface area contributed by atoms with Crippen molar-refractivity contribution in [3.63, 3.8) is 0 Å². The van der Waals surface area contributed by atoms with Crippen LogP contribution in [0.4, 0.5) is 0 Å². The summed E-state index contributed by atoms with van der Waals surface area (Å²) in [6.07, 6.45) is 0.943. The van der Waals surface area contributed by atoms with Crippen molar-refractivity contribution in [2.75, 3.05) is 25.9 Å². The molecule has 5 nitrogen and oxygen atoms in total. The van der Waals surface area contributed by atoms with Gasteiger partial charge in [0.2, 0.25) is 5.91 Å². The Balaban J connectivity index is 1.32. The van der Waals surface area contributed by atoms with Gasteiger partial charge in [-0.3, -0.25) is 4.79 Å². The number of carbonyl (C=O) groups is 1. The summed E-state index contributed by atoms with van der Waals surface area (Å²) in [5, 5.41) is 3.17. The third kappa shape index (κ3) is 6.11. The van der Waals surface area contributed by atoms with E-state index in [1.807, 2.05) is 30.3 Å². The second-order valence-electron chi connectivity index (χ2n) is 7.02. The number of thioether (sulfide) groups is 1. The average Bonchev–Trinajstić information content (AvgIpc) is 3.14. The third-order valence-electron chi connectivity index (χ3n) is 4.59. The van der Waals surface area contributed by atoms with Crippen LogP contribution in [0.25, 0.3) is 11.0 Å². The molecule has 6 heteroatoms. The van der Waals surface area contributed by atoms with E-state index in [1.165, 1.54) is 5.56 Å². The number of carbonyl (C=O) groups excluding carboxylic acids is 1. The maximum absolute atomic E-state index is 12.1. The standard InChI is InChI=1S/C22H28N4OS/c1-17(22-24-19-11-6-7-12-20(19)25-22)28-16-21(27)23-13-8-14-26(2)15-18-9-4-3-5-10-18/h3-7,9-12,17H,8,13-16H2,1-2H3,(H,23,27)(H,24,25). The lowest BCUT2D eigenvalue weighted by atomic mass is 10.2. The van der Waals surface area contributed by atoms with Gasteiger partial charge in [-0.15, -0.1) is 11.8 Å². The Bertz CT molecular complexity index is 847. The molecule has 28 heavy (non-hydrogen) atoms. The van der Waals surface area contributed by atoms with E-state index in [1.54, 1.807) is 11.8 Å². The number of rotatable bonds is 10. The van der Waals surface area contributed by atoms with E-state index in [9.17, 15) is 4.79 Å². The van der Waals surface area contributed by atoms with Crippen molar-refractivity contribution < 1.29 is 4.79 Å². The first-order valence-corrected chi connectivity index (χ1v) is 10.7. The summed E-state index contributed by atoms with van der Waals surface area (Å²) in [7, 11) is 2.11. The number of hydrogen-bond donors (Lipinski definition) is 2. The fraction of sp³-hybridized carbons (Fsp3) is 0.364. The van der Waals surface area contributed by atoms with E-state index in [0.29, 0.717) is 12.3 Å². The molecule has 0 bridgehead atoms. The van der Waals surface area contributed by atoms with Gasteiger partial charge in [-0.05, 0) is 44.6 Å². The van der Waals surface area contributed by atoms with Gasteiger partial charge in [-0.2, -0.15) is 0 Å². The van der Waals surface area contributed by atoms with Crippen LogP contribution in [-0.4, -0.2) is 46.7 Å². The molecule has 1 heterocycles. The van der Waals surface area contributed by atoms with E-state index >= 15 is 0 Å². The summed E-state index contributed by atoms with van der Waals surface area (Å²) in [5.74, 6) is 1.44. The molecule has 148 valence electrons. The smallest absolute Gasteiger partial charge is 0.230 e. The minimum atomic E-state index is 0.0821. The highest BCUT2D eigenvalue weighted by molar-refractivity contribution is 8.00. The Hall–Kier alpha value is -2.31. The van der Waals surface area contributed by atoms with Gasteiger partial charge in [0.1, 0.15) is 5.82 Å². The summed E-state index contributed by atoms with van der Waals surface area (Å²) in [4.78, 5) is 22.3. The maximum atomic E-state index is 12.1. The van der Waals surface area contributed by atoms with Crippen LogP contribution < -0.4 is 5.32 Å². The van der Waals surface area contributed by atoms with Crippen LogP contribution in [0, 0.1) is 0 Å². The van der Waals surface area contributed by atoms with Crippen LogP contribution >= 0.6 is 11.8 Å². The predicted molar refractivity (Wildman–Crippen MR) is 117 cm³/mol. The molecular formula is C22H28N4OS. The maximum Gasteiger partial charge on any atom is 0.230 e. The molecule has 2 N–H and O–H groups in total. The second kappa shape index (κ2) is 10.3. The number of nitrogens with zero attached hydrogens (tertiary/aromatic N) is 2. The molecule has 2 aromatic carbocycles. The van der Waals surface area contributed by atoms with Crippen LogP contribution in [0.2, 0.25) is 0 Å². The SMILES string of the molecule is CC(SCC(=O)NCCCN(C)Cc1ccccc1)c1nc2ccccc2[nH]1. The van der Waals surface area contributed by atoms with Crippen molar-refractivity contribution in [2.24, 2.45) is 0 Å². The summed E-state index contributed by atoms with van der Waals surface area (Å²) in [5.41, 5.74) is 3.31. The van der Waals surface area contributed by atoms with Crippen molar-refractivity contribution in [3.05, 3.63) is 66.0 Å². The predicted octanol–water partition coefficient (Wildman–Crippen LogP) is 4.00. The number of hydrogen-bond acceptors (Lipinski definition) is 4. The number of H-pyrrole nitrogens is 1. The average molecular weight is 397 g/mol. The summed E-state index contributed by atoms with van der Waals surface area (Å²) in [6.45, 7) is 4.67. The first-order valence-electron chi connectivity index (χ1n) is 9.67. The minimum absolute atomic E-state index is 0.0821. The molecule has 0 spiro atoms. The fourth-order valence-corrected chi connectivity index (χ4v) is 3.82. The van der Waals surface area contributed by atoms with E-state index in [-0.39, 0.29) is 11.2 Å². The zero-order valence-electron chi connectivity index (χ0n) is 16.5. The van der Waals surface area contributed by atoms with Gasteiger partial charge < -0.3 is 15.2 Å². The first kappa shape index (κ1) is 20.4. The Morgan fingerprint density at radius 2 is 1.93 bits per heavy atom. The molecule has 0 aliphatic rings. The van der Waals surface area contributed by atoms with E-state index < -0.39 is 0 Å². The third-order valence-corrected chi connectivity index (χ3v) is 5.74. The molecule has 0 radical (unpaired) electrons. The Morgan fingerprint density at radius 1 is 1.18 bits per heavy atom. The molecule has 1 aromatic heterocycles. The molecule has 1 atom stereocenters. The van der Waals surface area contributed by atoms with Gasteiger partial charge in [0, 0.05) is 13.1 Å². The van der Waals surface area contributed by atoms with Crippen molar-refractivity contribution >= 4 is 28.7 Å². The number of aromatic amines is 1. The molecule has 1 unspecified atom stereocenters. The highest BCUT2D eigenvalue weighted by atomic mass is 32.2. The van der Waals surface area contributed by atoms with Gasteiger partial charge in [-0.25, -0.2) is 4.98 Å². The zero-order chi connectivity index (χ0) is 19.8. The highest BCUT2D eigenvalue weighted by Crippen LogP contribution is 2.27. The number of imidazole rings is 1. The Kier molecular flexibility index (Phi) is 7.51. The van der Waals surface area contributed by atoms with Gasteiger partial charge in [0.25, 0.3) is 0 Å². The number of benzene rings is 2. The first-order chi connectivity index (χ1) is 13.6. The number of fused-ring (bicyclic) bond motifs is 1. The second-order valence-corrected chi connectivity index (χ2v) is 8.35. The van der Waals surface area contributed by atoms with Crippen molar-refractivity contribution in [1.29, 1.82) is 0 Å². The lowest BCUT2D eigenvalue weighted by Gasteiger charge is -2.16. The van der Waals surface area contributed by atoms with E-state index in [2.05, 4.69) is 58.4 Å². The lowest BCUT2D eigenvalue weighted by Crippen LogP contribution is -2.29. The number of aromatic nitrogens is 2. The molecular weight excluding hydrogens is 368 g/mol. The van der Waals surface area contributed by atoms with E-state index in [0.717, 1.165) is 36.4 Å². The largest absolute Gasteiger partial charge is 0.355 e. The number of amides is 1. The quantitative estimate of drug-likeness (QED) is 0.509. The zero-order valence-corrected chi connectivity index (χ0v) is 17.3. The molecule has 0 saturated carbocycles. The van der Waals surface area contributed by atoms with E-state index in [4.69, 9.17) is 0 Å². The van der Waals surface area contributed by atoms with Crippen LogP contribution in [0.3, 0.4) is 0 Å². The van der Waals surface area contributed by atoms with Crippen molar-refractivity contribution in [3.8, 4) is 0 Å². The van der Waals surface area contributed by atoms with Gasteiger partial charge in [0.15, 0.2) is 0 Å².